The van der Waals surface area contributed by atoms with Crippen molar-refractivity contribution in [3.63, 3.8) is 0 Å². The molecule has 21 heavy (non-hydrogen) atoms. The minimum atomic E-state index is -0.00217. The second-order valence-corrected chi connectivity index (χ2v) is 5.47. The summed E-state index contributed by atoms with van der Waals surface area (Å²) in [5.74, 6) is 0.804. The normalized spacial score (nSPS) is 19.3. The van der Waals surface area contributed by atoms with Crippen LogP contribution in [0.2, 0.25) is 0 Å². The van der Waals surface area contributed by atoms with Gasteiger partial charge >= 0.3 is 0 Å². The summed E-state index contributed by atoms with van der Waals surface area (Å²) in [4.78, 5) is 18.7. The molecule has 5 nitrogen and oxygen atoms in total. The topological polar surface area (TPSA) is 59.2 Å². The first-order valence-corrected chi connectivity index (χ1v) is 7.40. The Morgan fingerprint density at radius 1 is 1.38 bits per heavy atom. The predicted molar refractivity (Wildman–Crippen MR) is 77.7 cm³/mol. The van der Waals surface area contributed by atoms with Gasteiger partial charge < -0.3 is 9.42 Å². The van der Waals surface area contributed by atoms with Crippen LogP contribution in [0.15, 0.2) is 35.1 Å². The first-order valence-electron chi connectivity index (χ1n) is 7.40. The zero-order chi connectivity index (χ0) is 14.7. The molecule has 3 rings (SSSR count). The summed E-state index contributed by atoms with van der Waals surface area (Å²) in [7, 11) is 0. The minimum absolute atomic E-state index is 0.00217. The SMILES string of the molecule is Cc1cc(C2CCCCCN2C(=O)c2cccnc2)no1. The van der Waals surface area contributed by atoms with Gasteiger partial charge in [0, 0.05) is 25.0 Å². The second-order valence-electron chi connectivity index (χ2n) is 5.47. The zero-order valence-electron chi connectivity index (χ0n) is 12.2. The maximum Gasteiger partial charge on any atom is 0.255 e. The fourth-order valence-corrected chi connectivity index (χ4v) is 2.86. The molecule has 1 unspecified atom stereocenters. The number of carbonyl (C=O) groups excluding carboxylic acids is 1. The van der Waals surface area contributed by atoms with Gasteiger partial charge in [-0.05, 0) is 31.9 Å². The number of pyridine rings is 1. The molecular formula is C16H19N3O2. The summed E-state index contributed by atoms with van der Waals surface area (Å²) >= 11 is 0. The highest BCUT2D eigenvalue weighted by atomic mass is 16.5. The molecule has 1 saturated heterocycles. The lowest BCUT2D eigenvalue weighted by molar-refractivity contribution is 0.0673. The molecule has 0 spiro atoms. The van der Waals surface area contributed by atoms with Crippen molar-refractivity contribution in [2.45, 2.75) is 38.6 Å². The van der Waals surface area contributed by atoms with E-state index in [2.05, 4.69) is 10.1 Å². The molecule has 1 aliphatic rings. The second kappa shape index (κ2) is 6.08. The van der Waals surface area contributed by atoms with Gasteiger partial charge in [0.1, 0.15) is 11.5 Å². The van der Waals surface area contributed by atoms with Crippen LogP contribution in [0.5, 0.6) is 0 Å². The monoisotopic (exact) mass is 285 g/mol. The minimum Gasteiger partial charge on any atom is -0.361 e. The summed E-state index contributed by atoms with van der Waals surface area (Å²) < 4.78 is 5.19. The van der Waals surface area contributed by atoms with Crippen molar-refractivity contribution in [3.05, 3.63) is 47.6 Å². The summed E-state index contributed by atoms with van der Waals surface area (Å²) in [6.07, 6.45) is 7.50. The smallest absolute Gasteiger partial charge is 0.255 e. The van der Waals surface area contributed by atoms with E-state index in [1.807, 2.05) is 24.0 Å². The molecule has 1 amide bonds. The van der Waals surface area contributed by atoms with Gasteiger partial charge in [-0.3, -0.25) is 9.78 Å². The number of likely N-dealkylation sites (tertiary alicyclic amines) is 1. The molecular weight excluding hydrogens is 266 g/mol. The molecule has 0 N–H and O–H groups in total. The van der Waals surface area contributed by atoms with E-state index in [0.717, 1.165) is 43.7 Å². The molecule has 2 aromatic rings. The first-order chi connectivity index (χ1) is 10.3. The number of nitrogens with zero attached hydrogens (tertiary/aromatic N) is 3. The standard InChI is InChI=1S/C16H19N3O2/c1-12-10-14(18-21-12)15-7-3-2-4-9-19(15)16(20)13-6-5-8-17-11-13/h5-6,8,10-11,15H,2-4,7,9H2,1H3. The maximum absolute atomic E-state index is 12.8. The van der Waals surface area contributed by atoms with Gasteiger partial charge in [0.2, 0.25) is 0 Å². The van der Waals surface area contributed by atoms with Crippen LogP contribution in [0.1, 0.15) is 53.5 Å². The number of hydrogen-bond donors (Lipinski definition) is 0. The lowest BCUT2D eigenvalue weighted by Crippen LogP contribution is -2.35. The highest BCUT2D eigenvalue weighted by molar-refractivity contribution is 5.94. The van der Waals surface area contributed by atoms with E-state index in [1.165, 1.54) is 0 Å². The highest BCUT2D eigenvalue weighted by Gasteiger charge is 2.29. The van der Waals surface area contributed by atoms with E-state index >= 15 is 0 Å². The lowest BCUT2D eigenvalue weighted by Gasteiger charge is -2.28. The van der Waals surface area contributed by atoms with Crippen LogP contribution in [0.4, 0.5) is 0 Å². The van der Waals surface area contributed by atoms with Gasteiger partial charge in [0.25, 0.3) is 5.91 Å². The summed E-state index contributed by atoms with van der Waals surface area (Å²) in [6, 6.07) is 5.53. The molecule has 5 heteroatoms. The van der Waals surface area contributed by atoms with Crippen molar-refractivity contribution in [2.24, 2.45) is 0 Å². The average Bonchev–Trinajstić information content (AvgIpc) is 2.80. The van der Waals surface area contributed by atoms with Gasteiger partial charge in [0.05, 0.1) is 11.6 Å². The van der Waals surface area contributed by atoms with Crippen molar-refractivity contribution in [1.29, 1.82) is 0 Å². The van der Waals surface area contributed by atoms with E-state index < -0.39 is 0 Å². The first kappa shape index (κ1) is 13.8. The Kier molecular flexibility index (Phi) is 3.99. The van der Waals surface area contributed by atoms with Crippen molar-refractivity contribution < 1.29 is 9.32 Å². The number of amides is 1. The molecule has 0 bridgehead atoms. The summed E-state index contributed by atoms with van der Waals surface area (Å²) in [6.45, 7) is 2.63. The Hall–Kier alpha value is -2.17. The van der Waals surface area contributed by atoms with Gasteiger partial charge in [-0.15, -0.1) is 0 Å². The van der Waals surface area contributed by atoms with Crippen LogP contribution in [0.3, 0.4) is 0 Å². The van der Waals surface area contributed by atoms with Crippen molar-refractivity contribution in [3.8, 4) is 0 Å². The van der Waals surface area contributed by atoms with E-state index in [4.69, 9.17) is 4.52 Å². The van der Waals surface area contributed by atoms with E-state index in [9.17, 15) is 4.79 Å². The maximum atomic E-state index is 12.8. The van der Waals surface area contributed by atoms with E-state index in [1.54, 1.807) is 18.5 Å². The van der Waals surface area contributed by atoms with Crippen LogP contribution in [-0.4, -0.2) is 27.5 Å². The van der Waals surface area contributed by atoms with Gasteiger partial charge in [0.15, 0.2) is 0 Å². The van der Waals surface area contributed by atoms with Crippen molar-refractivity contribution in [2.75, 3.05) is 6.54 Å². The van der Waals surface area contributed by atoms with Crippen LogP contribution < -0.4 is 0 Å². The van der Waals surface area contributed by atoms with Crippen LogP contribution in [0, 0.1) is 6.92 Å². The van der Waals surface area contributed by atoms with Crippen molar-refractivity contribution in [1.82, 2.24) is 15.0 Å². The molecule has 110 valence electrons. The number of aromatic nitrogens is 2. The Labute approximate surface area is 124 Å². The summed E-state index contributed by atoms with van der Waals surface area (Å²) in [5.41, 5.74) is 1.48. The number of hydrogen-bond acceptors (Lipinski definition) is 4. The molecule has 0 aromatic carbocycles. The van der Waals surface area contributed by atoms with Crippen LogP contribution in [-0.2, 0) is 0 Å². The Morgan fingerprint density at radius 2 is 2.29 bits per heavy atom. The highest BCUT2D eigenvalue weighted by Crippen LogP contribution is 2.30. The summed E-state index contributed by atoms with van der Waals surface area (Å²) in [5, 5.41) is 4.12. The molecule has 1 aliphatic heterocycles. The lowest BCUT2D eigenvalue weighted by atomic mass is 10.1. The largest absolute Gasteiger partial charge is 0.361 e. The predicted octanol–water partition coefficient (Wildman–Crippen LogP) is 3.14. The van der Waals surface area contributed by atoms with Gasteiger partial charge in [-0.2, -0.15) is 0 Å². The zero-order valence-corrected chi connectivity index (χ0v) is 12.2. The van der Waals surface area contributed by atoms with E-state index in [-0.39, 0.29) is 11.9 Å². The molecule has 0 radical (unpaired) electrons. The molecule has 1 fully saturated rings. The number of aryl methyl sites for hydroxylation is 1. The molecule has 0 saturated carbocycles. The fourth-order valence-electron chi connectivity index (χ4n) is 2.86. The van der Waals surface area contributed by atoms with Crippen LogP contribution in [0.25, 0.3) is 0 Å². The fraction of sp³-hybridized carbons (Fsp3) is 0.438. The third-order valence-electron chi connectivity index (χ3n) is 3.91. The molecule has 3 heterocycles. The Bertz CT molecular complexity index is 609. The molecule has 0 aliphatic carbocycles. The molecule has 2 aromatic heterocycles. The number of carbonyl (C=O) groups is 1. The molecule has 1 atom stereocenters. The Morgan fingerprint density at radius 3 is 3.00 bits per heavy atom. The average molecular weight is 285 g/mol. The third kappa shape index (κ3) is 2.96. The Balaban J connectivity index is 1.90. The van der Waals surface area contributed by atoms with Crippen LogP contribution >= 0.6 is 0 Å². The third-order valence-corrected chi connectivity index (χ3v) is 3.91. The van der Waals surface area contributed by atoms with Crippen molar-refractivity contribution >= 4 is 5.91 Å². The van der Waals surface area contributed by atoms with E-state index in [0.29, 0.717) is 5.56 Å². The number of rotatable bonds is 2. The quantitative estimate of drug-likeness (QED) is 0.850. The van der Waals surface area contributed by atoms with Gasteiger partial charge in [-0.1, -0.05) is 18.0 Å². The van der Waals surface area contributed by atoms with Gasteiger partial charge in [-0.25, -0.2) is 0 Å².